The maximum atomic E-state index is 12.0. The van der Waals surface area contributed by atoms with Gasteiger partial charge < -0.3 is 11.5 Å². The lowest BCUT2D eigenvalue weighted by atomic mass is 10.0. The standard InChI is InChI=1S/C34H28N6O6S2/c1-19-15-21(11-13-27(19)37-39-29-17-31(47(41,42)43)33(35)25-9-5-3-7-23(25)29)22-12-14-28(20(2)16-22)38-40-30-18-32(48(44,45)46)34(36)26-10-6-4-8-24(26)30/h3-18H,35-36H2,1-2H3,(H,41,42,43)(H,44,45,46). The van der Waals surface area contributed by atoms with E-state index in [9.17, 15) is 25.9 Å². The lowest BCUT2D eigenvalue weighted by Gasteiger charge is -2.10. The molecule has 0 saturated heterocycles. The summed E-state index contributed by atoms with van der Waals surface area (Å²) in [6.45, 7) is 3.74. The first-order valence-electron chi connectivity index (χ1n) is 14.3. The second kappa shape index (κ2) is 12.2. The molecule has 0 radical (unpaired) electrons. The van der Waals surface area contributed by atoms with Crippen molar-refractivity contribution in [3.63, 3.8) is 0 Å². The van der Waals surface area contributed by atoms with Crippen molar-refractivity contribution in [2.45, 2.75) is 23.6 Å². The summed E-state index contributed by atoms with van der Waals surface area (Å²) >= 11 is 0. The van der Waals surface area contributed by atoms with Crippen LogP contribution in [0.4, 0.5) is 34.1 Å². The Hall–Kier alpha value is -5.54. The Morgan fingerprint density at radius 2 is 0.812 bits per heavy atom. The Morgan fingerprint density at radius 3 is 1.15 bits per heavy atom. The quantitative estimate of drug-likeness (QED) is 0.0725. The zero-order valence-electron chi connectivity index (χ0n) is 25.5. The molecule has 0 aromatic heterocycles. The number of azo groups is 2. The van der Waals surface area contributed by atoms with E-state index in [1.165, 1.54) is 12.1 Å². The first-order chi connectivity index (χ1) is 22.7. The van der Waals surface area contributed by atoms with Crippen LogP contribution in [-0.2, 0) is 20.2 Å². The molecular formula is C34H28N6O6S2. The highest BCUT2D eigenvalue weighted by atomic mass is 32.2. The van der Waals surface area contributed by atoms with Crippen LogP contribution in [0.3, 0.4) is 0 Å². The third kappa shape index (κ3) is 6.24. The van der Waals surface area contributed by atoms with E-state index in [0.717, 1.165) is 22.3 Å². The number of benzene rings is 6. The van der Waals surface area contributed by atoms with Crippen molar-refractivity contribution >= 4 is 75.9 Å². The average molecular weight is 681 g/mol. The summed E-state index contributed by atoms with van der Waals surface area (Å²) in [5.74, 6) is 0. The number of nitrogen functional groups attached to an aromatic ring is 2. The zero-order chi connectivity index (χ0) is 34.4. The van der Waals surface area contributed by atoms with Crippen LogP contribution >= 0.6 is 0 Å². The van der Waals surface area contributed by atoms with Gasteiger partial charge in [-0.2, -0.15) is 27.1 Å². The number of hydrogen-bond donors (Lipinski definition) is 4. The van der Waals surface area contributed by atoms with Crippen LogP contribution < -0.4 is 11.5 Å². The van der Waals surface area contributed by atoms with Crippen LogP contribution in [0.5, 0.6) is 0 Å². The molecule has 0 aliphatic heterocycles. The number of rotatable bonds is 7. The first-order valence-corrected chi connectivity index (χ1v) is 17.2. The first kappa shape index (κ1) is 32.4. The van der Waals surface area contributed by atoms with Gasteiger partial charge in [0.25, 0.3) is 20.2 Å². The normalized spacial score (nSPS) is 12.5. The van der Waals surface area contributed by atoms with Crippen molar-refractivity contribution in [3.8, 4) is 11.1 Å². The molecule has 14 heteroatoms. The van der Waals surface area contributed by atoms with E-state index in [0.29, 0.717) is 32.9 Å². The summed E-state index contributed by atoms with van der Waals surface area (Å²) in [4.78, 5) is -0.879. The van der Waals surface area contributed by atoms with E-state index in [-0.39, 0.29) is 22.7 Å². The van der Waals surface area contributed by atoms with Crippen molar-refractivity contribution in [1.82, 2.24) is 0 Å². The van der Waals surface area contributed by atoms with Gasteiger partial charge in [-0.05, 0) is 72.5 Å². The van der Waals surface area contributed by atoms with Gasteiger partial charge in [-0.25, -0.2) is 0 Å². The minimum atomic E-state index is -4.59. The van der Waals surface area contributed by atoms with Gasteiger partial charge in [0.15, 0.2) is 0 Å². The molecule has 0 atom stereocenters. The maximum Gasteiger partial charge on any atom is 0.296 e. The summed E-state index contributed by atoms with van der Waals surface area (Å²) < 4.78 is 67.2. The molecule has 0 aliphatic carbocycles. The fraction of sp³-hybridized carbons (Fsp3) is 0.0588. The molecule has 0 unspecified atom stereocenters. The SMILES string of the molecule is Cc1cc(-c2ccc(N=Nc3cc(S(=O)(=O)O)c(N)c4ccccc34)c(C)c2)ccc1N=Nc1cc(S(=O)(=O)O)c(N)c2ccccc12. The van der Waals surface area contributed by atoms with Gasteiger partial charge in [0.05, 0.1) is 34.1 Å². The van der Waals surface area contributed by atoms with E-state index in [1.54, 1.807) is 60.7 Å². The number of aryl methyl sites for hydroxylation is 2. The Bertz CT molecular complexity index is 2390. The molecule has 0 heterocycles. The molecule has 6 rings (SSSR count). The van der Waals surface area contributed by atoms with E-state index < -0.39 is 30.0 Å². The van der Waals surface area contributed by atoms with Gasteiger partial charge in [-0.1, -0.05) is 60.7 Å². The number of nitrogens with two attached hydrogens (primary N) is 2. The van der Waals surface area contributed by atoms with Crippen LogP contribution in [0, 0.1) is 13.8 Å². The largest absolute Gasteiger partial charge is 0.397 e. The predicted octanol–water partition coefficient (Wildman–Crippen LogP) is 8.77. The number of anilines is 2. The molecule has 0 amide bonds. The highest BCUT2D eigenvalue weighted by molar-refractivity contribution is 7.86. The molecule has 6 N–H and O–H groups in total. The molecule has 6 aromatic rings. The van der Waals surface area contributed by atoms with Gasteiger partial charge in [0, 0.05) is 21.5 Å². The molecule has 0 saturated carbocycles. The van der Waals surface area contributed by atoms with Crippen LogP contribution in [0.1, 0.15) is 11.1 Å². The van der Waals surface area contributed by atoms with Crippen molar-refractivity contribution in [3.05, 3.63) is 108 Å². The van der Waals surface area contributed by atoms with Gasteiger partial charge >= 0.3 is 0 Å². The van der Waals surface area contributed by atoms with Gasteiger partial charge in [-0.15, -0.1) is 10.2 Å². The molecule has 12 nitrogen and oxygen atoms in total. The van der Waals surface area contributed by atoms with Crippen molar-refractivity contribution < 1.29 is 25.9 Å². The second-order valence-electron chi connectivity index (χ2n) is 11.1. The van der Waals surface area contributed by atoms with Crippen molar-refractivity contribution in [2.24, 2.45) is 20.5 Å². The van der Waals surface area contributed by atoms with Gasteiger partial charge in [0.2, 0.25) is 0 Å². The molecule has 0 spiro atoms. The minimum absolute atomic E-state index is 0.0691. The van der Waals surface area contributed by atoms with Crippen LogP contribution in [0.25, 0.3) is 32.7 Å². The molecule has 48 heavy (non-hydrogen) atoms. The van der Waals surface area contributed by atoms with Crippen LogP contribution in [-0.4, -0.2) is 25.9 Å². The molecule has 6 aromatic carbocycles. The molecule has 0 bridgehead atoms. The number of fused-ring (bicyclic) bond motifs is 2. The Morgan fingerprint density at radius 1 is 0.479 bits per heavy atom. The fourth-order valence-electron chi connectivity index (χ4n) is 5.41. The molecule has 242 valence electrons. The van der Waals surface area contributed by atoms with Crippen molar-refractivity contribution in [1.29, 1.82) is 0 Å². The Balaban J connectivity index is 1.29. The smallest absolute Gasteiger partial charge is 0.296 e. The Labute approximate surface area is 276 Å². The monoisotopic (exact) mass is 680 g/mol. The molecule has 0 aliphatic rings. The topological polar surface area (TPSA) is 210 Å². The average Bonchev–Trinajstić information content (AvgIpc) is 3.04. The van der Waals surface area contributed by atoms with E-state index in [1.807, 2.05) is 38.1 Å². The van der Waals surface area contributed by atoms with Gasteiger partial charge in [-0.3, -0.25) is 9.11 Å². The molecule has 0 fully saturated rings. The minimum Gasteiger partial charge on any atom is -0.397 e. The summed E-state index contributed by atoms with van der Waals surface area (Å²) in [7, 11) is -9.18. The van der Waals surface area contributed by atoms with E-state index >= 15 is 0 Å². The molecular weight excluding hydrogens is 653 g/mol. The summed E-state index contributed by atoms with van der Waals surface area (Å²) in [5, 5.41) is 19.4. The number of nitrogens with zero attached hydrogens (tertiary/aromatic N) is 4. The highest BCUT2D eigenvalue weighted by Crippen LogP contribution is 2.39. The summed E-state index contributed by atoms with van der Waals surface area (Å²) in [6, 6.07) is 27.3. The van der Waals surface area contributed by atoms with Crippen molar-refractivity contribution in [2.75, 3.05) is 11.5 Å². The lowest BCUT2D eigenvalue weighted by Crippen LogP contribution is -2.03. The predicted molar refractivity (Wildman–Crippen MR) is 186 cm³/mol. The summed E-state index contributed by atoms with van der Waals surface area (Å²) in [6.07, 6.45) is 0. The third-order valence-electron chi connectivity index (χ3n) is 7.87. The zero-order valence-corrected chi connectivity index (χ0v) is 27.2. The lowest BCUT2D eigenvalue weighted by molar-refractivity contribution is 0.481. The third-order valence-corrected chi connectivity index (χ3v) is 9.65. The van der Waals surface area contributed by atoms with Crippen LogP contribution in [0.15, 0.2) is 127 Å². The number of hydrogen-bond acceptors (Lipinski definition) is 10. The Kier molecular flexibility index (Phi) is 8.26. The highest BCUT2D eigenvalue weighted by Gasteiger charge is 2.20. The van der Waals surface area contributed by atoms with E-state index in [2.05, 4.69) is 20.5 Å². The fourth-order valence-corrected chi connectivity index (χ4v) is 6.71. The summed E-state index contributed by atoms with van der Waals surface area (Å²) in [5.41, 5.74) is 16.9. The maximum absolute atomic E-state index is 12.0. The van der Waals surface area contributed by atoms with E-state index in [4.69, 9.17) is 11.5 Å². The van der Waals surface area contributed by atoms with Gasteiger partial charge in [0.1, 0.15) is 9.79 Å². The van der Waals surface area contributed by atoms with Crippen LogP contribution in [0.2, 0.25) is 0 Å². The second-order valence-corrected chi connectivity index (χ2v) is 13.8.